The molecule has 1 aliphatic rings. The SMILES string of the molecule is CCc1ccc(C(=O)C2C(C)OC(C)C2C)cc1. The normalized spacial score (nSPS) is 31.6. The summed E-state index contributed by atoms with van der Waals surface area (Å²) in [6.45, 7) is 8.28. The van der Waals surface area contributed by atoms with Gasteiger partial charge in [0, 0.05) is 5.56 Å². The summed E-state index contributed by atoms with van der Waals surface area (Å²) in [7, 11) is 0. The Balaban J connectivity index is 2.20. The first-order chi connectivity index (χ1) is 8.54. The molecule has 2 nitrogen and oxygen atoms in total. The van der Waals surface area contributed by atoms with Crippen molar-refractivity contribution in [3.05, 3.63) is 35.4 Å². The van der Waals surface area contributed by atoms with Gasteiger partial charge in [0.2, 0.25) is 0 Å². The van der Waals surface area contributed by atoms with E-state index in [0.717, 1.165) is 12.0 Å². The minimum absolute atomic E-state index is 0.00697. The summed E-state index contributed by atoms with van der Waals surface area (Å²) < 4.78 is 5.75. The van der Waals surface area contributed by atoms with Crippen molar-refractivity contribution >= 4 is 5.78 Å². The van der Waals surface area contributed by atoms with Crippen molar-refractivity contribution in [3.63, 3.8) is 0 Å². The predicted molar refractivity (Wildman–Crippen MR) is 72.8 cm³/mol. The lowest BCUT2D eigenvalue weighted by molar-refractivity contribution is 0.0491. The predicted octanol–water partition coefficient (Wildman–Crippen LogP) is 3.49. The monoisotopic (exact) mass is 246 g/mol. The molecule has 1 fully saturated rings. The van der Waals surface area contributed by atoms with Gasteiger partial charge in [0.05, 0.1) is 18.1 Å². The Hall–Kier alpha value is -1.15. The van der Waals surface area contributed by atoms with Crippen molar-refractivity contribution in [3.8, 4) is 0 Å². The summed E-state index contributed by atoms with van der Waals surface area (Å²) in [6, 6.07) is 7.98. The van der Waals surface area contributed by atoms with Crippen molar-refractivity contribution < 1.29 is 9.53 Å². The van der Waals surface area contributed by atoms with Gasteiger partial charge in [-0.1, -0.05) is 38.1 Å². The number of carbonyl (C=O) groups excluding carboxylic acids is 1. The van der Waals surface area contributed by atoms with Crippen molar-refractivity contribution in [1.29, 1.82) is 0 Å². The molecule has 2 rings (SSSR count). The summed E-state index contributed by atoms with van der Waals surface area (Å²) in [5.41, 5.74) is 2.08. The summed E-state index contributed by atoms with van der Waals surface area (Å²) in [6.07, 6.45) is 1.20. The third-order valence-corrected chi connectivity index (χ3v) is 4.19. The van der Waals surface area contributed by atoms with E-state index in [-0.39, 0.29) is 23.9 Å². The highest BCUT2D eigenvalue weighted by atomic mass is 16.5. The molecule has 1 aliphatic heterocycles. The number of hydrogen-bond acceptors (Lipinski definition) is 2. The Kier molecular flexibility index (Phi) is 3.86. The van der Waals surface area contributed by atoms with Gasteiger partial charge in [0.1, 0.15) is 0 Å². The van der Waals surface area contributed by atoms with Crippen LogP contribution in [0.4, 0.5) is 0 Å². The number of rotatable bonds is 3. The average Bonchev–Trinajstić information content (AvgIpc) is 2.63. The standard InChI is InChI=1S/C16H22O2/c1-5-13-6-8-14(9-7-13)16(17)15-10(2)11(3)18-12(15)4/h6-12,15H,5H2,1-4H3. The zero-order valence-electron chi connectivity index (χ0n) is 11.6. The fourth-order valence-electron chi connectivity index (χ4n) is 2.82. The van der Waals surface area contributed by atoms with Gasteiger partial charge in [-0.2, -0.15) is 0 Å². The molecule has 0 spiro atoms. The van der Waals surface area contributed by atoms with E-state index >= 15 is 0 Å². The lowest BCUT2D eigenvalue weighted by Crippen LogP contribution is -2.26. The van der Waals surface area contributed by atoms with Gasteiger partial charge < -0.3 is 4.74 Å². The second-order valence-corrected chi connectivity index (χ2v) is 5.35. The number of carbonyl (C=O) groups is 1. The first-order valence-corrected chi connectivity index (χ1v) is 6.83. The topological polar surface area (TPSA) is 26.3 Å². The fraction of sp³-hybridized carbons (Fsp3) is 0.562. The molecule has 0 radical (unpaired) electrons. The number of ether oxygens (including phenoxy) is 1. The van der Waals surface area contributed by atoms with E-state index < -0.39 is 0 Å². The number of aryl methyl sites for hydroxylation is 1. The van der Waals surface area contributed by atoms with E-state index in [0.29, 0.717) is 5.92 Å². The van der Waals surface area contributed by atoms with Crippen LogP contribution in [0.15, 0.2) is 24.3 Å². The van der Waals surface area contributed by atoms with Gasteiger partial charge in [-0.05, 0) is 31.7 Å². The van der Waals surface area contributed by atoms with E-state index in [9.17, 15) is 4.79 Å². The van der Waals surface area contributed by atoms with Crippen molar-refractivity contribution in [2.75, 3.05) is 0 Å². The highest BCUT2D eigenvalue weighted by Gasteiger charge is 2.41. The molecule has 98 valence electrons. The molecule has 0 aromatic heterocycles. The smallest absolute Gasteiger partial charge is 0.168 e. The highest BCUT2D eigenvalue weighted by molar-refractivity contribution is 5.98. The van der Waals surface area contributed by atoms with E-state index in [1.807, 2.05) is 31.2 Å². The lowest BCUT2D eigenvalue weighted by Gasteiger charge is -2.17. The molecule has 0 amide bonds. The van der Waals surface area contributed by atoms with E-state index in [4.69, 9.17) is 4.74 Å². The molecule has 4 atom stereocenters. The molecule has 0 aliphatic carbocycles. The van der Waals surface area contributed by atoms with Gasteiger partial charge in [0.25, 0.3) is 0 Å². The van der Waals surface area contributed by atoms with Crippen molar-refractivity contribution in [1.82, 2.24) is 0 Å². The maximum Gasteiger partial charge on any atom is 0.168 e. The molecule has 1 saturated heterocycles. The summed E-state index contributed by atoms with van der Waals surface area (Å²) in [5, 5.41) is 0. The molecule has 0 N–H and O–H groups in total. The third kappa shape index (κ3) is 2.35. The molecule has 0 bridgehead atoms. The minimum Gasteiger partial charge on any atom is -0.374 e. The van der Waals surface area contributed by atoms with E-state index in [1.54, 1.807) is 0 Å². The van der Waals surface area contributed by atoms with Crippen LogP contribution in [0.3, 0.4) is 0 Å². The number of benzene rings is 1. The lowest BCUT2D eigenvalue weighted by atomic mass is 9.83. The summed E-state index contributed by atoms with van der Waals surface area (Å²) >= 11 is 0. The largest absolute Gasteiger partial charge is 0.374 e. The first kappa shape index (κ1) is 13.3. The van der Waals surface area contributed by atoms with Crippen LogP contribution in [0.1, 0.15) is 43.6 Å². The number of Topliss-reactive ketones (excluding diaryl/α,β-unsaturated/α-hetero) is 1. The molecule has 1 aromatic rings. The highest BCUT2D eigenvalue weighted by Crippen LogP contribution is 2.34. The third-order valence-electron chi connectivity index (χ3n) is 4.19. The van der Waals surface area contributed by atoms with Crippen LogP contribution in [-0.2, 0) is 11.2 Å². The quantitative estimate of drug-likeness (QED) is 0.763. The van der Waals surface area contributed by atoms with Gasteiger partial charge >= 0.3 is 0 Å². The second-order valence-electron chi connectivity index (χ2n) is 5.35. The average molecular weight is 246 g/mol. The molecule has 1 heterocycles. The van der Waals surface area contributed by atoms with Crippen LogP contribution in [-0.4, -0.2) is 18.0 Å². The van der Waals surface area contributed by atoms with Gasteiger partial charge in [0.15, 0.2) is 5.78 Å². The molecular formula is C16H22O2. The van der Waals surface area contributed by atoms with Crippen molar-refractivity contribution in [2.24, 2.45) is 11.8 Å². The van der Waals surface area contributed by atoms with Crippen LogP contribution in [0.25, 0.3) is 0 Å². The minimum atomic E-state index is -0.00697. The maximum atomic E-state index is 12.5. The molecule has 0 saturated carbocycles. The van der Waals surface area contributed by atoms with E-state index in [1.165, 1.54) is 5.56 Å². The fourth-order valence-corrected chi connectivity index (χ4v) is 2.82. The Morgan fingerprint density at radius 2 is 1.72 bits per heavy atom. The summed E-state index contributed by atoms with van der Waals surface area (Å²) in [5.74, 6) is 0.507. The molecule has 18 heavy (non-hydrogen) atoms. The van der Waals surface area contributed by atoms with Gasteiger partial charge in [-0.25, -0.2) is 0 Å². The van der Waals surface area contributed by atoms with Crippen LogP contribution in [0, 0.1) is 11.8 Å². The second kappa shape index (κ2) is 5.23. The first-order valence-electron chi connectivity index (χ1n) is 6.83. The van der Waals surface area contributed by atoms with Crippen LogP contribution in [0.2, 0.25) is 0 Å². The Morgan fingerprint density at radius 3 is 2.17 bits per heavy atom. The molecular weight excluding hydrogens is 224 g/mol. The number of ketones is 1. The van der Waals surface area contributed by atoms with Gasteiger partial charge in [-0.3, -0.25) is 4.79 Å². The van der Waals surface area contributed by atoms with E-state index in [2.05, 4.69) is 20.8 Å². The molecule has 4 unspecified atom stereocenters. The van der Waals surface area contributed by atoms with Crippen LogP contribution in [0.5, 0.6) is 0 Å². The van der Waals surface area contributed by atoms with Crippen molar-refractivity contribution in [2.45, 2.75) is 46.3 Å². The van der Waals surface area contributed by atoms with Crippen LogP contribution >= 0.6 is 0 Å². The maximum absolute atomic E-state index is 12.5. The zero-order chi connectivity index (χ0) is 13.3. The Morgan fingerprint density at radius 1 is 1.11 bits per heavy atom. The number of hydrogen-bond donors (Lipinski definition) is 0. The molecule has 1 aromatic carbocycles. The Labute approximate surface area is 109 Å². The zero-order valence-corrected chi connectivity index (χ0v) is 11.6. The van der Waals surface area contributed by atoms with Crippen LogP contribution < -0.4 is 0 Å². The Bertz CT molecular complexity index is 421. The summed E-state index contributed by atoms with van der Waals surface area (Å²) in [4.78, 5) is 12.5. The molecule has 2 heteroatoms. The van der Waals surface area contributed by atoms with Gasteiger partial charge in [-0.15, -0.1) is 0 Å².